The average Bonchev–Trinajstić information content (AvgIpc) is 3.17. The largest absolute Gasteiger partial charge is 0.472 e. The van der Waals surface area contributed by atoms with Crippen LogP contribution in [0.4, 0.5) is 0 Å². The number of phosphoric ester groups is 1. The molecule has 0 fully saturated rings. The lowest BCUT2D eigenvalue weighted by Crippen LogP contribution is -2.28. The molecule has 3 unspecified atom stereocenters. The Morgan fingerprint density at radius 1 is 0.473 bits per heavy atom. The Balaban J connectivity index is 4.19. The van der Waals surface area contributed by atoms with E-state index in [9.17, 15) is 29.3 Å². The molecule has 0 rings (SSSR count). The van der Waals surface area contributed by atoms with Crippen LogP contribution in [0.5, 0.6) is 0 Å². The fourth-order valence-corrected chi connectivity index (χ4v) is 5.05. The summed E-state index contributed by atoms with van der Waals surface area (Å²) in [5, 5.41) is 19.1. The standard InChI is InChI=1S/C44H67O10P/c1-3-5-7-9-11-13-15-17-18-19-20-21-22-24-26-28-30-32-34-36-44(48)54-42(38-46)40-52-55(49,50)51-39-41(37-45)53-43(47)35-33-31-29-27-25-23-16-14-12-10-8-6-4-2/h5-8,11-14,17-18,20-21,23-26,29-32,41-42,45-46H,3-4,9-10,15-16,19,22,27-28,33-40H2,1-2H3,(H,49,50)/b7-5-,8-6-,13-11-,14-12-,18-17-,21-20-,25-23-,26-24-,31-29-,32-30-. The van der Waals surface area contributed by atoms with Crippen molar-refractivity contribution in [1.82, 2.24) is 0 Å². The lowest BCUT2D eigenvalue weighted by Gasteiger charge is -2.20. The first-order valence-electron chi connectivity index (χ1n) is 19.5. The van der Waals surface area contributed by atoms with Crippen LogP contribution in [0, 0.1) is 0 Å². The van der Waals surface area contributed by atoms with Crippen LogP contribution in [0.25, 0.3) is 0 Å². The third-order valence-electron chi connectivity index (χ3n) is 7.20. The number of hydrogen-bond acceptors (Lipinski definition) is 9. The summed E-state index contributed by atoms with van der Waals surface area (Å²) in [6.07, 6.45) is 49.2. The van der Waals surface area contributed by atoms with Gasteiger partial charge in [0, 0.05) is 12.8 Å². The van der Waals surface area contributed by atoms with Crippen molar-refractivity contribution in [3.63, 3.8) is 0 Å². The number of ether oxygens (including phenoxy) is 2. The molecule has 0 aliphatic heterocycles. The van der Waals surface area contributed by atoms with E-state index in [0.29, 0.717) is 12.8 Å². The molecular weight excluding hydrogens is 719 g/mol. The molecule has 0 aromatic carbocycles. The van der Waals surface area contributed by atoms with Crippen molar-refractivity contribution in [1.29, 1.82) is 0 Å². The molecule has 3 N–H and O–H groups in total. The van der Waals surface area contributed by atoms with E-state index in [0.717, 1.165) is 64.2 Å². The Labute approximate surface area is 330 Å². The number of phosphoric acid groups is 1. The minimum absolute atomic E-state index is 0.0534. The second-order valence-corrected chi connectivity index (χ2v) is 13.6. The van der Waals surface area contributed by atoms with Gasteiger partial charge in [-0.25, -0.2) is 4.57 Å². The van der Waals surface area contributed by atoms with Crippen LogP contribution in [0.2, 0.25) is 0 Å². The highest BCUT2D eigenvalue weighted by Gasteiger charge is 2.27. The molecule has 0 bridgehead atoms. The fourth-order valence-electron chi connectivity index (χ4n) is 4.27. The molecule has 10 nitrogen and oxygen atoms in total. The maximum absolute atomic E-state index is 12.3. The van der Waals surface area contributed by atoms with Crippen molar-refractivity contribution in [3.05, 3.63) is 122 Å². The van der Waals surface area contributed by atoms with E-state index in [1.54, 1.807) is 0 Å². The Kier molecular flexibility index (Phi) is 36.1. The van der Waals surface area contributed by atoms with Crippen molar-refractivity contribution < 1.29 is 47.8 Å². The van der Waals surface area contributed by atoms with Crippen LogP contribution in [0.1, 0.15) is 104 Å². The van der Waals surface area contributed by atoms with Gasteiger partial charge in [-0.2, -0.15) is 0 Å². The summed E-state index contributed by atoms with van der Waals surface area (Å²) >= 11 is 0. The molecular formula is C44H67O10P. The van der Waals surface area contributed by atoms with Gasteiger partial charge in [0.2, 0.25) is 0 Å². The van der Waals surface area contributed by atoms with E-state index in [-0.39, 0.29) is 12.8 Å². The van der Waals surface area contributed by atoms with Crippen LogP contribution in [0.3, 0.4) is 0 Å². The number of allylic oxidation sites excluding steroid dienone is 20. The molecule has 0 aliphatic rings. The van der Waals surface area contributed by atoms with Crippen LogP contribution in [0.15, 0.2) is 122 Å². The highest BCUT2D eigenvalue weighted by molar-refractivity contribution is 7.47. The Hall–Kier alpha value is -3.63. The summed E-state index contributed by atoms with van der Waals surface area (Å²) < 4.78 is 32.3. The van der Waals surface area contributed by atoms with Gasteiger partial charge in [-0.3, -0.25) is 18.6 Å². The molecule has 308 valence electrons. The van der Waals surface area contributed by atoms with Crippen molar-refractivity contribution in [3.8, 4) is 0 Å². The zero-order valence-electron chi connectivity index (χ0n) is 33.1. The lowest BCUT2D eigenvalue weighted by molar-refractivity contribution is -0.153. The molecule has 0 amide bonds. The van der Waals surface area contributed by atoms with E-state index in [2.05, 4.69) is 98.9 Å². The number of aliphatic hydroxyl groups is 2. The first-order valence-corrected chi connectivity index (χ1v) is 21.0. The zero-order valence-corrected chi connectivity index (χ0v) is 34.0. The van der Waals surface area contributed by atoms with Gasteiger partial charge in [-0.1, -0.05) is 135 Å². The van der Waals surface area contributed by atoms with E-state index in [1.807, 2.05) is 36.5 Å². The quantitative estimate of drug-likeness (QED) is 0.0327. The molecule has 0 radical (unpaired) electrons. The number of aliphatic hydroxyl groups excluding tert-OH is 2. The van der Waals surface area contributed by atoms with Gasteiger partial charge in [0.25, 0.3) is 0 Å². The van der Waals surface area contributed by atoms with Gasteiger partial charge in [0.1, 0.15) is 12.2 Å². The van der Waals surface area contributed by atoms with Gasteiger partial charge in [-0.05, 0) is 77.0 Å². The molecule has 0 aliphatic carbocycles. The molecule has 11 heteroatoms. The summed E-state index contributed by atoms with van der Waals surface area (Å²) in [7, 11) is -4.68. The molecule has 0 saturated carbocycles. The van der Waals surface area contributed by atoms with Crippen LogP contribution in [-0.2, 0) is 32.7 Å². The molecule has 0 saturated heterocycles. The maximum atomic E-state index is 12.3. The van der Waals surface area contributed by atoms with Gasteiger partial charge in [-0.15, -0.1) is 0 Å². The summed E-state index contributed by atoms with van der Waals surface area (Å²) in [6.45, 7) is 1.76. The Morgan fingerprint density at radius 3 is 0.982 bits per heavy atom. The number of hydrogen-bond donors (Lipinski definition) is 3. The summed E-state index contributed by atoms with van der Waals surface area (Å²) in [5.41, 5.74) is 0. The van der Waals surface area contributed by atoms with Gasteiger partial charge in [0.15, 0.2) is 0 Å². The first kappa shape index (κ1) is 51.4. The summed E-state index contributed by atoms with van der Waals surface area (Å²) in [6, 6.07) is 0. The predicted molar refractivity (Wildman–Crippen MR) is 223 cm³/mol. The molecule has 0 aromatic rings. The number of carbonyl (C=O) groups is 2. The Bertz CT molecular complexity index is 1320. The maximum Gasteiger partial charge on any atom is 0.472 e. The molecule has 0 aromatic heterocycles. The van der Waals surface area contributed by atoms with Crippen LogP contribution >= 0.6 is 7.82 Å². The third kappa shape index (κ3) is 37.1. The smallest absolute Gasteiger partial charge is 0.457 e. The zero-order chi connectivity index (χ0) is 40.5. The first-order chi connectivity index (χ1) is 26.8. The molecule has 0 spiro atoms. The SMILES string of the molecule is CC/C=C\C/C=C\C/C=C\C/C=C\C/C=C\C/C=C\CCC(=O)OC(CO)COP(=O)(O)OCC(CO)OC(=O)CC/C=C\C/C=C\C/C=C\C/C=C\CC. The number of carbonyl (C=O) groups excluding carboxylic acids is 2. The van der Waals surface area contributed by atoms with Gasteiger partial charge in [0.05, 0.1) is 26.4 Å². The van der Waals surface area contributed by atoms with Gasteiger partial charge < -0.3 is 24.6 Å². The van der Waals surface area contributed by atoms with Crippen molar-refractivity contribution in [2.45, 2.75) is 116 Å². The van der Waals surface area contributed by atoms with E-state index in [1.165, 1.54) is 0 Å². The van der Waals surface area contributed by atoms with Crippen LogP contribution in [-0.4, -0.2) is 65.7 Å². The van der Waals surface area contributed by atoms with Gasteiger partial charge >= 0.3 is 19.8 Å². The van der Waals surface area contributed by atoms with Crippen molar-refractivity contribution in [2.75, 3.05) is 26.4 Å². The Morgan fingerprint density at radius 2 is 0.727 bits per heavy atom. The minimum atomic E-state index is -4.68. The topological polar surface area (TPSA) is 149 Å². The average molecular weight is 787 g/mol. The van der Waals surface area contributed by atoms with Crippen LogP contribution < -0.4 is 0 Å². The van der Waals surface area contributed by atoms with E-state index in [4.69, 9.17) is 18.5 Å². The molecule has 3 atom stereocenters. The summed E-state index contributed by atoms with van der Waals surface area (Å²) in [5.74, 6) is -1.21. The number of rotatable bonds is 34. The van der Waals surface area contributed by atoms with E-state index >= 15 is 0 Å². The lowest BCUT2D eigenvalue weighted by atomic mass is 10.2. The minimum Gasteiger partial charge on any atom is -0.457 e. The monoisotopic (exact) mass is 786 g/mol. The number of esters is 2. The van der Waals surface area contributed by atoms with E-state index < -0.39 is 58.4 Å². The normalized spacial score (nSPS) is 15.2. The third-order valence-corrected chi connectivity index (χ3v) is 8.15. The molecule has 0 heterocycles. The van der Waals surface area contributed by atoms with Crippen molar-refractivity contribution >= 4 is 19.8 Å². The second kappa shape index (κ2) is 38.6. The highest BCUT2D eigenvalue weighted by atomic mass is 31.2. The fraction of sp³-hybridized carbons (Fsp3) is 0.500. The van der Waals surface area contributed by atoms with Crippen molar-refractivity contribution in [2.24, 2.45) is 0 Å². The second-order valence-electron chi connectivity index (χ2n) is 12.1. The highest BCUT2D eigenvalue weighted by Crippen LogP contribution is 2.43. The predicted octanol–water partition coefficient (Wildman–Crippen LogP) is 9.99. The summed E-state index contributed by atoms with van der Waals surface area (Å²) in [4.78, 5) is 34.3. The molecule has 55 heavy (non-hydrogen) atoms.